The van der Waals surface area contributed by atoms with Gasteiger partial charge >= 0.3 is 0 Å². The van der Waals surface area contributed by atoms with Gasteiger partial charge < -0.3 is 5.73 Å². The SMILES string of the molecule is Nc1c(Cl)cc(C(=O)c2ccc(Cl)cc2)cc1Cl. The molecule has 0 aliphatic rings. The minimum absolute atomic E-state index is 0.185. The molecule has 0 aliphatic carbocycles. The van der Waals surface area contributed by atoms with Crippen LogP contribution in [0.25, 0.3) is 0 Å². The van der Waals surface area contributed by atoms with Crippen molar-refractivity contribution in [3.05, 3.63) is 62.6 Å². The van der Waals surface area contributed by atoms with Crippen LogP contribution in [-0.2, 0) is 0 Å². The van der Waals surface area contributed by atoms with Gasteiger partial charge in [0.15, 0.2) is 5.78 Å². The Morgan fingerprint density at radius 3 is 1.89 bits per heavy atom. The molecule has 0 atom stereocenters. The van der Waals surface area contributed by atoms with Crippen LogP contribution in [0.2, 0.25) is 15.1 Å². The first kappa shape index (κ1) is 13.2. The topological polar surface area (TPSA) is 43.1 Å². The van der Waals surface area contributed by atoms with E-state index in [9.17, 15) is 4.79 Å². The van der Waals surface area contributed by atoms with Gasteiger partial charge in [0.25, 0.3) is 0 Å². The Bertz CT molecular complexity index is 585. The molecular weight excluding hydrogens is 293 g/mol. The lowest BCUT2D eigenvalue weighted by Gasteiger charge is -2.06. The summed E-state index contributed by atoms with van der Waals surface area (Å²) in [6, 6.07) is 9.58. The maximum Gasteiger partial charge on any atom is 0.193 e. The van der Waals surface area contributed by atoms with E-state index in [1.807, 2.05) is 0 Å². The van der Waals surface area contributed by atoms with Crippen molar-refractivity contribution >= 4 is 46.3 Å². The van der Waals surface area contributed by atoms with Crippen molar-refractivity contribution in [1.82, 2.24) is 0 Å². The Hall–Kier alpha value is -1.22. The molecule has 2 N–H and O–H groups in total. The lowest BCUT2D eigenvalue weighted by Crippen LogP contribution is -2.02. The summed E-state index contributed by atoms with van der Waals surface area (Å²) in [6.45, 7) is 0. The van der Waals surface area contributed by atoms with Crippen molar-refractivity contribution in [2.45, 2.75) is 0 Å². The van der Waals surface area contributed by atoms with Gasteiger partial charge in [0.1, 0.15) is 0 Å². The molecule has 0 aromatic heterocycles. The van der Waals surface area contributed by atoms with Crippen LogP contribution in [0.15, 0.2) is 36.4 Å². The van der Waals surface area contributed by atoms with E-state index in [0.717, 1.165) is 0 Å². The van der Waals surface area contributed by atoms with Crippen molar-refractivity contribution < 1.29 is 4.79 Å². The van der Waals surface area contributed by atoms with E-state index >= 15 is 0 Å². The lowest BCUT2D eigenvalue weighted by molar-refractivity contribution is 0.103. The summed E-state index contributed by atoms with van der Waals surface area (Å²) < 4.78 is 0. The number of hydrogen-bond donors (Lipinski definition) is 1. The Labute approximate surface area is 119 Å². The Morgan fingerprint density at radius 1 is 0.889 bits per heavy atom. The molecule has 0 fully saturated rings. The molecule has 0 radical (unpaired) electrons. The van der Waals surface area contributed by atoms with Gasteiger partial charge in [-0.15, -0.1) is 0 Å². The average molecular weight is 301 g/mol. The Balaban J connectivity index is 2.43. The van der Waals surface area contributed by atoms with E-state index in [4.69, 9.17) is 40.5 Å². The normalized spacial score (nSPS) is 10.4. The summed E-state index contributed by atoms with van der Waals surface area (Å²) in [5, 5.41) is 1.10. The van der Waals surface area contributed by atoms with Crippen LogP contribution in [0, 0.1) is 0 Å². The van der Waals surface area contributed by atoms with Crippen LogP contribution < -0.4 is 5.73 Å². The largest absolute Gasteiger partial charge is 0.396 e. The van der Waals surface area contributed by atoms with Crippen molar-refractivity contribution in [1.29, 1.82) is 0 Å². The van der Waals surface area contributed by atoms with Crippen molar-refractivity contribution in [2.24, 2.45) is 0 Å². The summed E-state index contributed by atoms with van der Waals surface area (Å²) in [5.41, 5.74) is 6.79. The van der Waals surface area contributed by atoms with Crippen LogP contribution in [0.3, 0.4) is 0 Å². The average Bonchev–Trinajstić information content (AvgIpc) is 2.35. The molecule has 92 valence electrons. The highest BCUT2D eigenvalue weighted by Crippen LogP contribution is 2.29. The minimum Gasteiger partial charge on any atom is -0.396 e. The molecule has 0 heterocycles. The van der Waals surface area contributed by atoms with Gasteiger partial charge in [0.2, 0.25) is 0 Å². The summed E-state index contributed by atoms with van der Waals surface area (Å²) in [5.74, 6) is -0.185. The lowest BCUT2D eigenvalue weighted by atomic mass is 10.0. The number of anilines is 1. The number of carbonyl (C=O) groups excluding carboxylic acids is 1. The fraction of sp³-hybridized carbons (Fsp3) is 0. The fourth-order valence-electron chi connectivity index (χ4n) is 1.48. The third-order valence-corrected chi connectivity index (χ3v) is 3.33. The first-order valence-corrected chi connectivity index (χ1v) is 6.17. The Morgan fingerprint density at radius 2 is 1.39 bits per heavy atom. The van der Waals surface area contributed by atoms with Gasteiger partial charge in [-0.2, -0.15) is 0 Å². The zero-order valence-corrected chi connectivity index (χ0v) is 11.4. The highest BCUT2D eigenvalue weighted by molar-refractivity contribution is 6.39. The summed E-state index contributed by atoms with van der Waals surface area (Å²) in [4.78, 5) is 12.2. The fourth-order valence-corrected chi connectivity index (χ4v) is 2.10. The molecule has 0 aliphatic heterocycles. The third-order valence-electron chi connectivity index (χ3n) is 2.45. The number of benzene rings is 2. The first-order valence-electron chi connectivity index (χ1n) is 5.04. The number of nitrogens with two attached hydrogens (primary N) is 1. The molecule has 2 aromatic rings. The van der Waals surface area contributed by atoms with Crippen LogP contribution >= 0.6 is 34.8 Å². The van der Waals surface area contributed by atoms with E-state index in [1.165, 1.54) is 12.1 Å². The number of nitrogen functional groups attached to an aromatic ring is 1. The molecule has 0 unspecified atom stereocenters. The van der Waals surface area contributed by atoms with Gasteiger partial charge in [0, 0.05) is 16.1 Å². The second-order valence-electron chi connectivity index (χ2n) is 3.69. The van der Waals surface area contributed by atoms with E-state index in [1.54, 1.807) is 24.3 Å². The summed E-state index contributed by atoms with van der Waals surface area (Å²) in [7, 11) is 0. The standard InChI is InChI=1S/C13H8Cl3NO/c14-9-3-1-7(2-4-9)13(18)8-5-10(15)12(17)11(16)6-8/h1-6H,17H2. The molecule has 5 heteroatoms. The molecule has 0 bridgehead atoms. The molecule has 2 nitrogen and oxygen atoms in total. The smallest absolute Gasteiger partial charge is 0.193 e. The maximum atomic E-state index is 12.2. The zero-order valence-electron chi connectivity index (χ0n) is 9.08. The zero-order chi connectivity index (χ0) is 13.3. The molecular formula is C13H8Cl3NO. The molecule has 2 aromatic carbocycles. The molecule has 0 saturated heterocycles. The highest BCUT2D eigenvalue weighted by atomic mass is 35.5. The number of carbonyl (C=O) groups is 1. The van der Waals surface area contributed by atoms with Crippen molar-refractivity contribution in [2.75, 3.05) is 5.73 Å². The molecule has 2 rings (SSSR count). The minimum atomic E-state index is -0.185. The number of rotatable bonds is 2. The third kappa shape index (κ3) is 2.61. The van der Waals surface area contributed by atoms with Crippen LogP contribution in [0.4, 0.5) is 5.69 Å². The van der Waals surface area contributed by atoms with Gasteiger partial charge in [-0.3, -0.25) is 4.79 Å². The van der Waals surface area contributed by atoms with Crippen LogP contribution in [0.5, 0.6) is 0 Å². The predicted molar refractivity (Wildman–Crippen MR) is 75.8 cm³/mol. The van der Waals surface area contributed by atoms with Crippen molar-refractivity contribution in [3.63, 3.8) is 0 Å². The van der Waals surface area contributed by atoms with E-state index in [2.05, 4.69) is 0 Å². The quantitative estimate of drug-likeness (QED) is 0.657. The molecule has 0 amide bonds. The first-order chi connectivity index (χ1) is 8.49. The maximum absolute atomic E-state index is 12.2. The number of halogens is 3. The van der Waals surface area contributed by atoms with E-state index in [0.29, 0.717) is 16.1 Å². The van der Waals surface area contributed by atoms with Gasteiger partial charge in [-0.25, -0.2) is 0 Å². The Kier molecular flexibility index (Phi) is 3.81. The van der Waals surface area contributed by atoms with Gasteiger partial charge in [0.05, 0.1) is 15.7 Å². The van der Waals surface area contributed by atoms with Crippen molar-refractivity contribution in [3.8, 4) is 0 Å². The predicted octanol–water partition coefficient (Wildman–Crippen LogP) is 4.46. The molecule has 18 heavy (non-hydrogen) atoms. The number of ketones is 1. The second kappa shape index (κ2) is 5.19. The second-order valence-corrected chi connectivity index (χ2v) is 4.94. The number of hydrogen-bond acceptors (Lipinski definition) is 2. The van der Waals surface area contributed by atoms with E-state index in [-0.39, 0.29) is 21.5 Å². The van der Waals surface area contributed by atoms with Gasteiger partial charge in [-0.05, 0) is 36.4 Å². The van der Waals surface area contributed by atoms with Gasteiger partial charge in [-0.1, -0.05) is 34.8 Å². The molecule has 0 spiro atoms. The van der Waals surface area contributed by atoms with Crippen LogP contribution in [-0.4, -0.2) is 5.78 Å². The monoisotopic (exact) mass is 299 g/mol. The summed E-state index contributed by atoms with van der Waals surface area (Å²) >= 11 is 17.5. The summed E-state index contributed by atoms with van der Waals surface area (Å²) in [6.07, 6.45) is 0. The van der Waals surface area contributed by atoms with E-state index < -0.39 is 0 Å². The highest BCUT2D eigenvalue weighted by Gasteiger charge is 2.13. The molecule has 0 saturated carbocycles. The van der Waals surface area contributed by atoms with Crippen LogP contribution in [0.1, 0.15) is 15.9 Å².